The molecule has 0 radical (unpaired) electrons. The van der Waals surface area contributed by atoms with Crippen LogP contribution >= 0.6 is 0 Å². The molecule has 1 N–H and O–H groups in total. The van der Waals surface area contributed by atoms with Gasteiger partial charge in [0.05, 0.1) is 11.6 Å². The fraction of sp³-hybridized carbons (Fsp3) is 0.533. The normalized spacial score (nSPS) is 26.9. The maximum absolute atomic E-state index is 13.9. The van der Waals surface area contributed by atoms with Crippen molar-refractivity contribution < 1.29 is 4.39 Å². The second kappa shape index (κ2) is 5.28. The number of nitrogens with zero attached hydrogens (tertiary/aromatic N) is 2. The summed E-state index contributed by atoms with van der Waals surface area (Å²) in [6, 6.07) is 7.95. The molecule has 2 saturated heterocycles. The van der Waals surface area contributed by atoms with Crippen molar-refractivity contribution in [2.45, 2.75) is 37.9 Å². The molecular weight excluding hydrogens is 241 g/mol. The quantitative estimate of drug-likeness (QED) is 0.883. The Labute approximate surface area is 113 Å². The number of nitriles is 1. The third kappa shape index (κ3) is 2.78. The van der Waals surface area contributed by atoms with Gasteiger partial charge in [0.1, 0.15) is 5.82 Å². The highest BCUT2D eigenvalue weighted by Gasteiger charge is 2.29. The molecule has 0 amide bonds. The maximum atomic E-state index is 13.9. The Morgan fingerprint density at radius 1 is 1.32 bits per heavy atom. The third-order valence-electron chi connectivity index (χ3n) is 4.18. The highest BCUT2D eigenvalue weighted by atomic mass is 19.1. The van der Waals surface area contributed by atoms with Gasteiger partial charge in [0, 0.05) is 37.3 Å². The van der Waals surface area contributed by atoms with Gasteiger partial charge in [0.2, 0.25) is 0 Å². The number of hydrogen-bond donors (Lipinski definition) is 1. The Bertz CT molecular complexity index is 509. The molecule has 1 aromatic rings. The van der Waals surface area contributed by atoms with E-state index in [0.29, 0.717) is 29.8 Å². The summed E-state index contributed by atoms with van der Waals surface area (Å²) in [6.45, 7) is 2.66. The number of fused-ring (bicyclic) bond motifs is 2. The van der Waals surface area contributed by atoms with Gasteiger partial charge in [-0.15, -0.1) is 0 Å². The molecule has 100 valence electrons. The second-order valence-electron chi connectivity index (χ2n) is 5.58. The van der Waals surface area contributed by atoms with E-state index in [-0.39, 0.29) is 5.82 Å². The molecule has 0 spiro atoms. The Morgan fingerprint density at radius 3 is 2.95 bits per heavy atom. The molecule has 4 heteroatoms. The summed E-state index contributed by atoms with van der Waals surface area (Å²) >= 11 is 0. The summed E-state index contributed by atoms with van der Waals surface area (Å²) in [5, 5.41) is 12.4. The average molecular weight is 259 g/mol. The first-order chi connectivity index (χ1) is 9.24. The van der Waals surface area contributed by atoms with Crippen LogP contribution < -0.4 is 5.32 Å². The predicted molar refractivity (Wildman–Crippen MR) is 71.0 cm³/mol. The molecule has 0 aliphatic carbocycles. The van der Waals surface area contributed by atoms with Gasteiger partial charge < -0.3 is 5.32 Å². The van der Waals surface area contributed by atoms with Gasteiger partial charge in [-0.3, -0.25) is 4.90 Å². The lowest BCUT2D eigenvalue weighted by atomic mass is 10.1. The molecule has 2 aliphatic rings. The Morgan fingerprint density at radius 2 is 2.16 bits per heavy atom. The van der Waals surface area contributed by atoms with Crippen LogP contribution in [0.1, 0.15) is 30.4 Å². The van der Waals surface area contributed by atoms with Gasteiger partial charge in [-0.1, -0.05) is 6.07 Å². The van der Waals surface area contributed by atoms with E-state index >= 15 is 0 Å². The number of benzene rings is 1. The monoisotopic (exact) mass is 259 g/mol. The molecule has 0 saturated carbocycles. The van der Waals surface area contributed by atoms with Crippen LogP contribution in [0.15, 0.2) is 18.2 Å². The van der Waals surface area contributed by atoms with Crippen molar-refractivity contribution in [1.29, 1.82) is 5.26 Å². The zero-order chi connectivity index (χ0) is 13.2. The van der Waals surface area contributed by atoms with E-state index in [9.17, 15) is 4.39 Å². The number of nitrogens with one attached hydrogen (secondary N) is 1. The predicted octanol–water partition coefficient (Wildman–Crippen LogP) is 2.02. The summed E-state index contributed by atoms with van der Waals surface area (Å²) in [7, 11) is 0. The molecule has 2 heterocycles. The van der Waals surface area contributed by atoms with Crippen LogP contribution in [0.5, 0.6) is 0 Å². The largest absolute Gasteiger partial charge is 0.310 e. The van der Waals surface area contributed by atoms with Crippen molar-refractivity contribution in [3.63, 3.8) is 0 Å². The third-order valence-corrected chi connectivity index (χ3v) is 4.18. The number of rotatable bonds is 2. The highest BCUT2D eigenvalue weighted by molar-refractivity contribution is 5.32. The lowest BCUT2D eigenvalue weighted by Crippen LogP contribution is -2.35. The van der Waals surface area contributed by atoms with Gasteiger partial charge >= 0.3 is 0 Å². The molecule has 2 fully saturated rings. The van der Waals surface area contributed by atoms with Crippen molar-refractivity contribution in [1.82, 2.24) is 10.2 Å². The molecule has 0 aromatic heterocycles. The summed E-state index contributed by atoms with van der Waals surface area (Å²) in [5.74, 6) is -0.263. The van der Waals surface area contributed by atoms with Crippen LogP contribution in [-0.4, -0.2) is 30.1 Å². The van der Waals surface area contributed by atoms with Crippen molar-refractivity contribution in [3.8, 4) is 6.07 Å². The van der Waals surface area contributed by atoms with E-state index in [1.165, 1.54) is 18.9 Å². The van der Waals surface area contributed by atoms with Crippen molar-refractivity contribution in [2.75, 3.05) is 13.1 Å². The topological polar surface area (TPSA) is 39.1 Å². The van der Waals surface area contributed by atoms with Crippen LogP contribution in [0, 0.1) is 17.1 Å². The van der Waals surface area contributed by atoms with Crippen LogP contribution in [0.3, 0.4) is 0 Å². The molecule has 19 heavy (non-hydrogen) atoms. The van der Waals surface area contributed by atoms with E-state index in [0.717, 1.165) is 19.5 Å². The number of hydrogen-bond acceptors (Lipinski definition) is 3. The van der Waals surface area contributed by atoms with Crippen LogP contribution in [0.2, 0.25) is 0 Å². The molecule has 3 nitrogen and oxygen atoms in total. The Balaban J connectivity index is 1.69. The van der Waals surface area contributed by atoms with E-state index < -0.39 is 0 Å². The molecule has 2 atom stereocenters. The van der Waals surface area contributed by atoms with Crippen LogP contribution in [0.4, 0.5) is 4.39 Å². The number of likely N-dealkylation sites (tertiary alicyclic amines) is 1. The van der Waals surface area contributed by atoms with Crippen molar-refractivity contribution >= 4 is 0 Å². The van der Waals surface area contributed by atoms with Crippen molar-refractivity contribution in [3.05, 3.63) is 35.1 Å². The van der Waals surface area contributed by atoms with Crippen LogP contribution in [0.25, 0.3) is 0 Å². The van der Waals surface area contributed by atoms with E-state index in [1.807, 2.05) is 6.07 Å². The molecule has 2 aliphatic heterocycles. The average Bonchev–Trinajstić information content (AvgIpc) is 2.74. The summed E-state index contributed by atoms with van der Waals surface area (Å²) < 4.78 is 13.9. The first kappa shape index (κ1) is 12.6. The minimum atomic E-state index is -0.263. The van der Waals surface area contributed by atoms with E-state index in [4.69, 9.17) is 5.26 Å². The number of halogens is 1. The second-order valence-corrected chi connectivity index (χ2v) is 5.58. The highest BCUT2D eigenvalue weighted by Crippen LogP contribution is 2.22. The summed E-state index contributed by atoms with van der Waals surface area (Å²) in [6.07, 6.45) is 3.66. The zero-order valence-electron chi connectivity index (χ0n) is 10.9. The standard InChI is InChI=1S/C15H18FN3/c16-15-7-11(8-17)1-2-12(15)9-19-6-5-13-3-4-14(10-19)18-13/h1-2,7,13-14,18H,3-6,9-10H2. The summed E-state index contributed by atoms with van der Waals surface area (Å²) in [5.41, 5.74) is 1.08. The minimum absolute atomic E-state index is 0.263. The Hall–Kier alpha value is -1.44. The zero-order valence-corrected chi connectivity index (χ0v) is 10.9. The van der Waals surface area contributed by atoms with Crippen LogP contribution in [-0.2, 0) is 6.54 Å². The smallest absolute Gasteiger partial charge is 0.129 e. The lowest BCUT2D eigenvalue weighted by molar-refractivity contribution is 0.247. The molecule has 1 aromatic carbocycles. The lowest BCUT2D eigenvalue weighted by Gasteiger charge is -2.24. The van der Waals surface area contributed by atoms with Gasteiger partial charge in [0.25, 0.3) is 0 Å². The fourth-order valence-electron chi connectivity index (χ4n) is 3.15. The van der Waals surface area contributed by atoms with Gasteiger partial charge in [0.15, 0.2) is 0 Å². The van der Waals surface area contributed by atoms with Gasteiger partial charge in [-0.05, 0) is 31.4 Å². The van der Waals surface area contributed by atoms with E-state index in [1.54, 1.807) is 12.1 Å². The van der Waals surface area contributed by atoms with Crippen molar-refractivity contribution in [2.24, 2.45) is 0 Å². The first-order valence-corrected chi connectivity index (χ1v) is 6.91. The SMILES string of the molecule is N#Cc1ccc(CN2CCC3CCC(C2)N3)c(F)c1. The fourth-order valence-corrected chi connectivity index (χ4v) is 3.15. The summed E-state index contributed by atoms with van der Waals surface area (Å²) in [4.78, 5) is 2.32. The molecule has 2 bridgehead atoms. The maximum Gasteiger partial charge on any atom is 0.129 e. The minimum Gasteiger partial charge on any atom is -0.310 e. The molecule has 3 rings (SSSR count). The first-order valence-electron chi connectivity index (χ1n) is 6.91. The van der Waals surface area contributed by atoms with Gasteiger partial charge in [-0.2, -0.15) is 5.26 Å². The molecule has 2 unspecified atom stereocenters. The Kier molecular flexibility index (Phi) is 3.50. The van der Waals surface area contributed by atoms with E-state index in [2.05, 4.69) is 10.2 Å². The van der Waals surface area contributed by atoms with Gasteiger partial charge in [-0.25, -0.2) is 4.39 Å². The molecular formula is C15H18FN3.